The van der Waals surface area contributed by atoms with Gasteiger partial charge in [0.1, 0.15) is 11.5 Å². The zero-order valence-corrected chi connectivity index (χ0v) is 18.1. The number of anilines is 3. The highest BCUT2D eigenvalue weighted by molar-refractivity contribution is 6.07. The highest BCUT2D eigenvalue weighted by atomic mass is 16.1. The van der Waals surface area contributed by atoms with Crippen molar-refractivity contribution in [2.45, 2.75) is 13.0 Å². The molecule has 1 fully saturated rings. The fourth-order valence-corrected chi connectivity index (χ4v) is 3.83. The number of para-hydroxylation sites is 1. The lowest BCUT2D eigenvalue weighted by Crippen LogP contribution is -2.57. The van der Waals surface area contributed by atoms with Gasteiger partial charge in [-0.05, 0) is 62.5 Å². The van der Waals surface area contributed by atoms with Gasteiger partial charge in [-0.2, -0.15) is 0 Å². The van der Waals surface area contributed by atoms with E-state index < -0.39 is 0 Å². The molecule has 2 aromatic carbocycles. The third-order valence-electron chi connectivity index (χ3n) is 5.71. The second kappa shape index (κ2) is 8.70. The molecular weight excluding hydrogens is 386 g/mol. The minimum atomic E-state index is 0.332. The van der Waals surface area contributed by atoms with E-state index in [2.05, 4.69) is 58.5 Å². The molecule has 1 aliphatic rings. The third kappa shape index (κ3) is 4.34. The lowest BCUT2D eigenvalue weighted by Gasteiger charge is -2.44. The fraction of sp³-hybridized carbons (Fsp3) is 0.240. The van der Waals surface area contributed by atoms with Crippen molar-refractivity contribution in [3.05, 3.63) is 71.9 Å². The first kappa shape index (κ1) is 20.8. The molecule has 1 saturated heterocycles. The maximum atomic E-state index is 11.6. The second-order valence-corrected chi connectivity index (χ2v) is 8.12. The number of aldehydes is 1. The molecule has 0 bridgehead atoms. The van der Waals surface area contributed by atoms with Gasteiger partial charge in [-0.3, -0.25) is 4.79 Å². The van der Waals surface area contributed by atoms with Gasteiger partial charge in [-0.1, -0.05) is 30.3 Å². The highest BCUT2D eigenvalue weighted by Crippen LogP contribution is 2.33. The zero-order valence-electron chi connectivity index (χ0n) is 18.1. The summed E-state index contributed by atoms with van der Waals surface area (Å²) in [5.74, 6) is 0.513. The number of likely N-dealkylation sites (N-methyl/N-ethyl adjacent to an activating group) is 1. The smallest absolute Gasteiger partial charge is 0.168 e. The number of hydrogen-bond acceptors (Lipinski definition) is 6. The highest BCUT2D eigenvalue weighted by Gasteiger charge is 2.28. The van der Waals surface area contributed by atoms with Crippen LogP contribution in [0, 0.1) is 5.41 Å². The third-order valence-corrected chi connectivity index (χ3v) is 5.71. The SMILES string of the molecule is CC(=N)c1c(-c2ccc(N3CC(N(C)C)C3)cc2)cc(C=O)nc1Nc1ccccc1. The molecule has 0 atom stereocenters. The van der Waals surface area contributed by atoms with Crippen LogP contribution < -0.4 is 10.2 Å². The molecule has 0 saturated carbocycles. The van der Waals surface area contributed by atoms with Gasteiger partial charge < -0.3 is 20.5 Å². The summed E-state index contributed by atoms with van der Waals surface area (Å²) in [5.41, 5.74) is 5.23. The predicted molar refractivity (Wildman–Crippen MR) is 127 cm³/mol. The second-order valence-electron chi connectivity index (χ2n) is 8.12. The normalized spacial score (nSPS) is 13.7. The number of pyridine rings is 1. The van der Waals surface area contributed by atoms with Crippen LogP contribution in [0.2, 0.25) is 0 Å². The van der Waals surface area contributed by atoms with E-state index in [0.717, 1.165) is 36.2 Å². The van der Waals surface area contributed by atoms with E-state index in [4.69, 9.17) is 5.41 Å². The van der Waals surface area contributed by atoms with Gasteiger partial charge in [0, 0.05) is 41.8 Å². The van der Waals surface area contributed by atoms with Crippen molar-refractivity contribution in [2.24, 2.45) is 0 Å². The maximum absolute atomic E-state index is 11.6. The Kier molecular flexibility index (Phi) is 5.82. The van der Waals surface area contributed by atoms with Crippen molar-refractivity contribution in [3.8, 4) is 11.1 Å². The summed E-state index contributed by atoms with van der Waals surface area (Å²) in [7, 11) is 4.23. The van der Waals surface area contributed by atoms with E-state index in [-0.39, 0.29) is 0 Å². The summed E-state index contributed by atoms with van der Waals surface area (Å²) in [4.78, 5) is 20.7. The monoisotopic (exact) mass is 413 g/mol. The Balaban J connectivity index is 1.69. The van der Waals surface area contributed by atoms with Gasteiger partial charge in [0.15, 0.2) is 6.29 Å². The van der Waals surface area contributed by atoms with E-state index in [1.54, 1.807) is 13.0 Å². The van der Waals surface area contributed by atoms with Crippen molar-refractivity contribution < 1.29 is 4.79 Å². The van der Waals surface area contributed by atoms with Crippen LogP contribution in [0.15, 0.2) is 60.7 Å². The summed E-state index contributed by atoms with van der Waals surface area (Å²) in [6.45, 7) is 3.78. The Hall–Kier alpha value is -3.51. The Labute approximate surface area is 183 Å². The molecule has 1 aromatic heterocycles. The zero-order chi connectivity index (χ0) is 22.0. The Morgan fingerprint density at radius 3 is 2.39 bits per heavy atom. The number of hydrogen-bond donors (Lipinski definition) is 2. The average Bonchev–Trinajstić information content (AvgIpc) is 2.73. The Morgan fingerprint density at radius 1 is 1.13 bits per heavy atom. The molecule has 0 amide bonds. The van der Waals surface area contributed by atoms with Crippen LogP contribution in [0.3, 0.4) is 0 Å². The van der Waals surface area contributed by atoms with Gasteiger partial charge in [0.25, 0.3) is 0 Å². The lowest BCUT2D eigenvalue weighted by atomic mass is 9.96. The summed E-state index contributed by atoms with van der Waals surface area (Å²) < 4.78 is 0. The Bertz CT molecular complexity index is 1090. The summed E-state index contributed by atoms with van der Waals surface area (Å²) in [6, 6.07) is 20.3. The van der Waals surface area contributed by atoms with Gasteiger partial charge in [0.2, 0.25) is 0 Å². The maximum Gasteiger partial charge on any atom is 0.168 e. The lowest BCUT2D eigenvalue weighted by molar-refractivity contribution is 0.111. The van der Waals surface area contributed by atoms with Gasteiger partial charge in [-0.15, -0.1) is 0 Å². The molecule has 6 nitrogen and oxygen atoms in total. The number of carbonyl (C=O) groups excluding carboxylic acids is 1. The van der Waals surface area contributed by atoms with E-state index >= 15 is 0 Å². The molecule has 0 aliphatic carbocycles. The van der Waals surface area contributed by atoms with Crippen molar-refractivity contribution in [1.29, 1.82) is 5.41 Å². The first-order chi connectivity index (χ1) is 15.0. The molecule has 6 heteroatoms. The number of carbonyl (C=O) groups is 1. The number of benzene rings is 2. The van der Waals surface area contributed by atoms with Crippen molar-refractivity contribution >= 4 is 29.2 Å². The quantitative estimate of drug-likeness (QED) is 0.442. The summed E-state index contributed by atoms with van der Waals surface area (Å²) in [5, 5.41) is 11.7. The van der Waals surface area contributed by atoms with Crippen LogP contribution in [0.1, 0.15) is 23.0 Å². The van der Waals surface area contributed by atoms with Gasteiger partial charge >= 0.3 is 0 Å². The van der Waals surface area contributed by atoms with Crippen LogP contribution in [-0.2, 0) is 0 Å². The molecular formula is C25H27N5O. The number of nitrogens with one attached hydrogen (secondary N) is 2. The molecule has 4 rings (SSSR count). The van der Waals surface area contributed by atoms with E-state index in [0.29, 0.717) is 28.8 Å². The van der Waals surface area contributed by atoms with Crippen LogP contribution in [-0.4, -0.2) is 55.1 Å². The standard InChI is InChI=1S/C25H27N5O/c1-17(26)24-23(13-20(16-31)28-25(24)27-19-7-5-4-6-8-19)18-9-11-21(12-10-18)30-14-22(15-30)29(2)3/h4-13,16,22,26H,14-15H2,1-3H3,(H,27,28). The minimum Gasteiger partial charge on any atom is -0.368 e. The topological polar surface area (TPSA) is 72.3 Å². The molecule has 0 spiro atoms. The van der Waals surface area contributed by atoms with Crippen LogP contribution >= 0.6 is 0 Å². The van der Waals surface area contributed by atoms with Crippen molar-refractivity contribution in [3.63, 3.8) is 0 Å². The molecule has 2 heterocycles. The first-order valence-electron chi connectivity index (χ1n) is 10.4. The molecule has 2 N–H and O–H groups in total. The molecule has 158 valence electrons. The van der Waals surface area contributed by atoms with Gasteiger partial charge in [-0.25, -0.2) is 4.98 Å². The molecule has 0 unspecified atom stereocenters. The van der Waals surface area contributed by atoms with Crippen LogP contribution in [0.5, 0.6) is 0 Å². The number of nitrogens with zero attached hydrogens (tertiary/aromatic N) is 3. The van der Waals surface area contributed by atoms with Crippen molar-refractivity contribution in [2.75, 3.05) is 37.4 Å². The van der Waals surface area contributed by atoms with Crippen LogP contribution in [0.4, 0.5) is 17.2 Å². The van der Waals surface area contributed by atoms with E-state index in [1.807, 2.05) is 30.3 Å². The molecule has 3 aromatic rings. The molecule has 0 radical (unpaired) electrons. The predicted octanol–water partition coefficient (Wildman–Crippen LogP) is 4.44. The fourth-order valence-electron chi connectivity index (χ4n) is 3.83. The minimum absolute atomic E-state index is 0.332. The largest absolute Gasteiger partial charge is 0.368 e. The number of aromatic nitrogens is 1. The summed E-state index contributed by atoms with van der Waals surface area (Å²) >= 11 is 0. The Morgan fingerprint density at radius 2 is 1.81 bits per heavy atom. The molecule has 31 heavy (non-hydrogen) atoms. The van der Waals surface area contributed by atoms with Crippen LogP contribution in [0.25, 0.3) is 11.1 Å². The summed E-state index contributed by atoms with van der Waals surface area (Å²) in [6.07, 6.45) is 0.749. The number of rotatable bonds is 7. The molecule has 1 aliphatic heterocycles. The van der Waals surface area contributed by atoms with E-state index in [9.17, 15) is 4.79 Å². The first-order valence-corrected chi connectivity index (χ1v) is 10.4. The average molecular weight is 414 g/mol. The van der Waals surface area contributed by atoms with E-state index in [1.165, 1.54) is 5.69 Å². The van der Waals surface area contributed by atoms with Gasteiger partial charge in [0.05, 0.1) is 0 Å². The van der Waals surface area contributed by atoms with Crippen molar-refractivity contribution in [1.82, 2.24) is 9.88 Å².